The number of rotatable bonds is 5. The average molecular weight is 427 g/mol. The highest BCUT2D eigenvalue weighted by molar-refractivity contribution is 7.98. The van der Waals surface area contributed by atoms with Gasteiger partial charge in [0, 0.05) is 11.4 Å². The van der Waals surface area contributed by atoms with Crippen molar-refractivity contribution in [3.8, 4) is 5.75 Å². The smallest absolute Gasteiger partial charge is 0.247 e. The summed E-state index contributed by atoms with van der Waals surface area (Å²) < 4.78 is 33.7. The van der Waals surface area contributed by atoms with Crippen molar-refractivity contribution >= 4 is 27.5 Å². The second kappa shape index (κ2) is 8.10. The zero-order valence-electron chi connectivity index (χ0n) is 16.2. The largest absolute Gasteiger partial charge is 0.497 e. The van der Waals surface area contributed by atoms with Gasteiger partial charge in [-0.15, -0.1) is 11.8 Å². The lowest BCUT2D eigenvalue weighted by Gasteiger charge is -2.37. The van der Waals surface area contributed by atoms with Crippen LogP contribution in [0.5, 0.6) is 5.75 Å². The van der Waals surface area contributed by atoms with Gasteiger partial charge in [0.1, 0.15) is 16.8 Å². The number of hydrogen-bond acceptors (Lipinski definition) is 5. The Bertz CT molecular complexity index is 1100. The number of nitrogens with zero attached hydrogens (tertiary/aromatic N) is 1. The fourth-order valence-electron chi connectivity index (χ4n) is 3.42. The fourth-order valence-corrected chi connectivity index (χ4v) is 5.51. The number of thioether (sulfide) groups is 1. The average Bonchev–Trinajstić information content (AvgIpc) is 2.76. The molecule has 0 saturated heterocycles. The lowest BCUT2D eigenvalue weighted by molar-refractivity contribution is 0.336. The van der Waals surface area contributed by atoms with Gasteiger partial charge < -0.3 is 10.1 Å². The summed E-state index contributed by atoms with van der Waals surface area (Å²) in [5.41, 5.74) is 2.41. The van der Waals surface area contributed by atoms with E-state index in [1.54, 1.807) is 37.1 Å². The molecule has 0 unspecified atom stereocenters. The summed E-state index contributed by atoms with van der Waals surface area (Å²) in [6.45, 7) is 0.253. The molecule has 0 aliphatic carbocycles. The molecule has 29 heavy (non-hydrogen) atoms. The molecule has 3 aromatic rings. The molecular formula is C22H22N2O3S2. The molecule has 150 valence electrons. The summed E-state index contributed by atoms with van der Waals surface area (Å²) >= 11 is 1.66. The van der Waals surface area contributed by atoms with E-state index in [4.69, 9.17) is 4.74 Å². The quantitative estimate of drug-likeness (QED) is 0.598. The first-order valence-electron chi connectivity index (χ1n) is 9.17. The summed E-state index contributed by atoms with van der Waals surface area (Å²) in [5, 5.41) is 3.41. The van der Waals surface area contributed by atoms with E-state index in [9.17, 15) is 8.42 Å². The number of para-hydroxylation sites is 1. The van der Waals surface area contributed by atoms with Crippen LogP contribution in [0.25, 0.3) is 0 Å². The van der Waals surface area contributed by atoms with E-state index in [0.29, 0.717) is 10.6 Å². The van der Waals surface area contributed by atoms with Crippen molar-refractivity contribution in [1.82, 2.24) is 4.31 Å². The van der Waals surface area contributed by atoms with E-state index in [0.717, 1.165) is 21.8 Å². The number of benzene rings is 3. The van der Waals surface area contributed by atoms with Crippen LogP contribution >= 0.6 is 11.8 Å². The van der Waals surface area contributed by atoms with Crippen LogP contribution in [0, 0.1) is 0 Å². The minimum atomic E-state index is -3.68. The molecule has 1 aliphatic rings. The van der Waals surface area contributed by atoms with E-state index in [2.05, 4.69) is 5.32 Å². The van der Waals surface area contributed by atoms with E-state index < -0.39 is 16.2 Å². The van der Waals surface area contributed by atoms with Crippen molar-refractivity contribution in [3.05, 3.63) is 83.9 Å². The standard InChI is InChI=1S/C22H22N2O3S2/c1-27-18-11-7-16(8-12-18)15-24-22(17-9-13-19(28-2)14-10-17)23-20-5-3-4-6-21(20)29(24,25)26/h3-14,22-23H,15H2,1-2H3/t22-/m1/s1. The van der Waals surface area contributed by atoms with Crippen molar-refractivity contribution in [2.24, 2.45) is 0 Å². The molecule has 0 amide bonds. The number of fused-ring (bicyclic) bond motifs is 1. The first-order chi connectivity index (χ1) is 14.0. The summed E-state index contributed by atoms with van der Waals surface area (Å²) in [4.78, 5) is 1.43. The van der Waals surface area contributed by atoms with Crippen LogP contribution in [-0.2, 0) is 16.6 Å². The topological polar surface area (TPSA) is 58.6 Å². The van der Waals surface area contributed by atoms with Crippen LogP contribution in [0.4, 0.5) is 5.69 Å². The predicted molar refractivity (Wildman–Crippen MR) is 117 cm³/mol. The summed E-state index contributed by atoms with van der Waals surface area (Å²) in [6.07, 6.45) is 1.53. The Labute approximate surface area is 175 Å². The van der Waals surface area contributed by atoms with E-state index in [1.807, 2.05) is 60.9 Å². The molecule has 1 heterocycles. The van der Waals surface area contributed by atoms with E-state index >= 15 is 0 Å². The van der Waals surface area contributed by atoms with Gasteiger partial charge in [0.05, 0.1) is 12.8 Å². The first kappa shape index (κ1) is 19.8. The van der Waals surface area contributed by atoms with Crippen molar-refractivity contribution in [2.75, 3.05) is 18.7 Å². The molecule has 0 radical (unpaired) electrons. The van der Waals surface area contributed by atoms with Crippen LogP contribution in [0.1, 0.15) is 17.3 Å². The molecule has 0 aromatic heterocycles. The van der Waals surface area contributed by atoms with Gasteiger partial charge in [-0.1, -0.05) is 36.4 Å². The number of methoxy groups -OCH3 is 1. The Balaban J connectivity index is 1.77. The third-order valence-corrected chi connectivity index (χ3v) is 7.60. The summed E-state index contributed by atoms with van der Waals surface area (Å²) in [5.74, 6) is 0.739. The Kier molecular flexibility index (Phi) is 5.54. The molecule has 4 rings (SSSR count). The van der Waals surface area contributed by atoms with Crippen molar-refractivity contribution in [1.29, 1.82) is 0 Å². The van der Waals surface area contributed by atoms with Crippen molar-refractivity contribution < 1.29 is 13.2 Å². The SMILES string of the molecule is COc1ccc(CN2[C@H](c3ccc(SC)cc3)Nc3ccccc3S2(=O)=O)cc1. The van der Waals surface area contributed by atoms with E-state index in [-0.39, 0.29) is 6.54 Å². The number of hydrogen-bond donors (Lipinski definition) is 1. The molecule has 3 aromatic carbocycles. The summed E-state index contributed by atoms with van der Waals surface area (Å²) in [6, 6.07) is 22.5. The Hall–Kier alpha value is -2.48. The second-order valence-corrected chi connectivity index (χ2v) is 9.45. The minimum absolute atomic E-state index is 0.253. The maximum atomic E-state index is 13.5. The molecule has 1 atom stereocenters. The summed E-state index contributed by atoms with van der Waals surface area (Å²) in [7, 11) is -2.07. The monoisotopic (exact) mass is 426 g/mol. The normalized spacial score (nSPS) is 17.9. The Morgan fingerprint density at radius 1 is 1.00 bits per heavy atom. The predicted octanol–water partition coefficient (Wildman–Crippen LogP) is 4.73. The lowest BCUT2D eigenvalue weighted by Crippen LogP contribution is -2.42. The zero-order valence-corrected chi connectivity index (χ0v) is 17.8. The van der Waals surface area contributed by atoms with Gasteiger partial charge in [-0.25, -0.2) is 8.42 Å². The Morgan fingerprint density at radius 2 is 1.69 bits per heavy atom. The van der Waals surface area contributed by atoms with Gasteiger partial charge in [-0.2, -0.15) is 4.31 Å². The van der Waals surface area contributed by atoms with Crippen LogP contribution in [-0.4, -0.2) is 26.1 Å². The second-order valence-electron chi connectivity index (χ2n) is 6.71. The lowest BCUT2D eigenvalue weighted by atomic mass is 10.1. The molecular weight excluding hydrogens is 404 g/mol. The van der Waals surface area contributed by atoms with Gasteiger partial charge in [0.2, 0.25) is 10.0 Å². The van der Waals surface area contributed by atoms with Crippen LogP contribution < -0.4 is 10.1 Å². The van der Waals surface area contributed by atoms with Gasteiger partial charge in [0.25, 0.3) is 0 Å². The van der Waals surface area contributed by atoms with Crippen LogP contribution in [0.15, 0.2) is 82.6 Å². The molecule has 1 N–H and O–H groups in total. The number of ether oxygens (including phenoxy) is 1. The van der Waals surface area contributed by atoms with Gasteiger partial charge in [-0.3, -0.25) is 0 Å². The molecule has 0 bridgehead atoms. The number of anilines is 1. The minimum Gasteiger partial charge on any atom is -0.497 e. The number of nitrogens with one attached hydrogen (secondary N) is 1. The third-order valence-electron chi connectivity index (χ3n) is 4.98. The third kappa shape index (κ3) is 3.85. The molecule has 7 heteroatoms. The van der Waals surface area contributed by atoms with Gasteiger partial charge in [0.15, 0.2) is 0 Å². The maximum absolute atomic E-state index is 13.5. The van der Waals surface area contributed by atoms with Gasteiger partial charge >= 0.3 is 0 Å². The zero-order chi connectivity index (χ0) is 20.4. The molecule has 0 spiro atoms. The maximum Gasteiger partial charge on any atom is 0.247 e. The highest BCUT2D eigenvalue weighted by Crippen LogP contribution is 2.39. The van der Waals surface area contributed by atoms with Crippen LogP contribution in [0.2, 0.25) is 0 Å². The molecule has 0 fully saturated rings. The molecule has 5 nitrogen and oxygen atoms in total. The van der Waals surface area contributed by atoms with Crippen molar-refractivity contribution in [3.63, 3.8) is 0 Å². The van der Waals surface area contributed by atoms with Crippen molar-refractivity contribution in [2.45, 2.75) is 22.5 Å². The molecule has 0 saturated carbocycles. The fraction of sp³-hybridized carbons (Fsp3) is 0.182. The first-order valence-corrected chi connectivity index (χ1v) is 11.8. The van der Waals surface area contributed by atoms with Crippen LogP contribution in [0.3, 0.4) is 0 Å². The molecule has 1 aliphatic heterocycles. The highest BCUT2D eigenvalue weighted by atomic mass is 32.2. The van der Waals surface area contributed by atoms with Gasteiger partial charge in [-0.05, 0) is 53.8 Å². The highest BCUT2D eigenvalue weighted by Gasteiger charge is 2.38. The number of sulfonamides is 1. The van der Waals surface area contributed by atoms with E-state index in [1.165, 1.54) is 4.31 Å². The Morgan fingerprint density at radius 3 is 2.34 bits per heavy atom.